The van der Waals surface area contributed by atoms with Crippen LogP contribution in [0.4, 0.5) is 0 Å². The molecule has 0 aliphatic rings. The van der Waals surface area contributed by atoms with Gasteiger partial charge in [0.15, 0.2) is 6.29 Å². The van der Waals surface area contributed by atoms with Crippen molar-refractivity contribution in [2.75, 3.05) is 20.3 Å². The van der Waals surface area contributed by atoms with Crippen molar-refractivity contribution in [2.45, 2.75) is 46.1 Å². The summed E-state index contributed by atoms with van der Waals surface area (Å²) >= 11 is 0. The Hall–Kier alpha value is -0.910. The van der Waals surface area contributed by atoms with Crippen LogP contribution in [-0.2, 0) is 16.0 Å². The molecule has 1 rings (SSSR count). The normalized spacial score (nSPS) is 13.2. The average Bonchev–Trinajstić information content (AvgIpc) is 2.80. The minimum atomic E-state index is -0.280. The SMILES string of the molecule is CCCn1nccc1C(NC)C(OCC)OCC. The van der Waals surface area contributed by atoms with Crippen molar-refractivity contribution in [3.63, 3.8) is 0 Å². The summed E-state index contributed by atoms with van der Waals surface area (Å²) in [7, 11) is 1.92. The standard InChI is InChI=1S/C13H25N3O2/c1-5-10-16-11(8-9-15-16)12(14-4)13(17-6-2)18-7-3/h8-9,12-14H,5-7,10H2,1-4H3. The summed E-state index contributed by atoms with van der Waals surface area (Å²) in [5.41, 5.74) is 1.10. The second kappa shape index (κ2) is 8.24. The highest BCUT2D eigenvalue weighted by Crippen LogP contribution is 2.20. The van der Waals surface area contributed by atoms with Crippen molar-refractivity contribution < 1.29 is 9.47 Å². The zero-order valence-corrected chi connectivity index (χ0v) is 11.8. The van der Waals surface area contributed by atoms with Crippen molar-refractivity contribution in [3.8, 4) is 0 Å². The van der Waals surface area contributed by atoms with Crippen LogP contribution in [-0.4, -0.2) is 36.3 Å². The fourth-order valence-electron chi connectivity index (χ4n) is 2.00. The molecule has 0 spiro atoms. The Morgan fingerprint density at radius 1 is 1.28 bits per heavy atom. The molecule has 1 atom stereocenters. The van der Waals surface area contributed by atoms with Gasteiger partial charge in [0.05, 0.1) is 5.69 Å². The molecule has 0 saturated carbocycles. The fraction of sp³-hybridized carbons (Fsp3) is 0.769. The van der Waals surface area contributed by atoms with E-state index >= 15 is 0 Å². The maximum absolute atomic E-state index is 5.67. The Bertz CT molecular complexity index is 322. The molecule has 0 radical (unpaired) electrons. The molecule has 0 bridgehead atoms. The van der Waals surface area contributed by atoms with E-state index in [4.69, 9.17) is 9.47 Å². The first-order valence-corrected chi connectivity index (χ1v) is 6.70. The highest BCUT2D eigenvalue weighted by molar-refractivity contribution is 5.08. The first-order chi connectivity index (χ1) is 8.78. The van der Waals surface area contributed by atoms with Crippen LogP contribution in [0.3, 0.4) is 0 Å². The van der Waals surface area contributed by atoms with Gasteiger partial charge in [0.25, 0.3) is 0 Å². The van der Waals surface area contributed by atoms with Crippen LogP contribution >= 0.6 is 0 Å². The first-order valence-electron chi connectivity index (χ1n) is 6.70. The third-order valence-corrected chi connectivity index (χ3v) is 2.75. The third kappa shape index (κ3) is 3.80. The number of nitrogens with one attached hydrogen (secondary N) is 1. The van der Waals surface area contributed by atoms with Crippen LogP contribution < -0.4 is 5.32 Å². The summed E-state index contributed by atoms with van der Waals surface area (Å²) in [5.74, 6) is 0. The van der Waals surface area contributed by atoms with Gasteiger partial charge in [-0.05, 0) is 33.4 Å². The average molecular weight is 255 g/mol. The van der Waals surface area contributed by atoms with E-state index in [2.05, 4.69) is 17.3 Å². The Labute approximate surface area is 109 Å². The molecule has 1 aromatic heterocycles. The molecule has 0 amide bonds. The van der Waals surface area contributed by atoms with Gasteiger partial charge in [-0.3, -0.25) is 4.68 Å². The summed E-state index contributed by atoms with van der Waals surface area (Å²) in [6.45, 7) is 8.26. The lowest BCUT2D eigenvalue weighted by molar-refractivity contribution is -0.155. The van der Waals surface area contributed by atoms with Gasteiger partial charge in [0, 0.05) is 26.0 Å². The van der Waals surface area contributed by atoms with E-state index in [0.717, 1.165) is 18.7 Å². The van der Waals surface area contributed by atoms with Crippen molar-refractivity contribution in [3.05, 3.63) is 18.0 Å². The minimum absolute atomic E-state index is 0.000972. The molecular formula is C13H25N3O2. The number of nitrogens with zero attached hydrogens (tertiary/aromatic N) is 2. The number of rotatable bonds is 9. The van der Waals surface area contributed by atoms with Gasteiger partial charge in [0.1, 0.15) is 6.04 Å². The molecule has 1 N–H and O–H groups in total. The summed E-state index contributed by atoms with van der Waals surface area (Å²) in [6.07, 6.45) is 2.60. The Morgan fingerprint density at radius 3 is 2.44 bits per heavy atom. The summed E-state index contributed by atoms with van der Waals surface area (Å²) < 4.78 is 13.3. The number of aryl methyl sites for hydroxylation is 1. The van der Waals surface area contributed by atoms with Crippen LogP contribution in [0.1, 0.15) is 38.9 Å². The van der Waals surface area contributed by atoms with Crippen LogP contribution in [0.15, 0.2) is 12.3 Å². The van der Waals surface area contributed by atoms with Crippen molar-refractivity contribution in [2.24, 2.45) is 0 Å². The summed E-state index contributed by atoms with van der Waals surface area (Å²) in [5, 5.41) is 7.61. The van der Waals surface area contributed by atoms with Crippen LogP contribution in [0.5, 0.6) is 0 Å². The Kier molecular flexibility index (Phi) is 6.93. The molecule has 0 aliphatic carbocycles. The van der Waals surface area contributed by atoms with E-state index < -0.39 is 0 Å². The monoisotopic (exact) mass is 255 g/mol. The fourth-order valence-corrected chi connectivity index (χ4v) is 2.00. The third-order valence-electron chi connectivity index (χ3n) is 2.75. The van der Waals surface area contributed by atoms with E-state index in [0.29, 0.717) is 13.2 Å². The molecular weight excluding hydrogens is 230 g/mol. The van der Waals surface area contributed by atoms with Crippen LogP contribution in [0.2, 0.25) is 0 Å². The van der Waals surface area contributed by atoms with Crippen LogP contribution in [0, 0.1) is 0 Å². The smallest absolute Gasteiger partial charge is 0.178 e. The molecule has 18 heavy (non-hydrogen) atoms. The lowest BCUT2D eigenvalue weighted by Gasteiger charge is -2.27. The zero-order valence-electron chi connectivity index (χ0n) is 11.8. The van der Waals surface area contributed by atoms with Gasteiger partial charge in [-0.2, -0.15) is 5.10 Å². The van der Waals surface area contributed by atoms with Crippen molar-refractivity contribution in [1.82, 2.24) is 15.1 Å². The highest BCUT2D eigenvalue weighted by Gasteiger charge is 2.25. The predicted molar refractivity (Wildman–Crippen MR) is 71.4 cm³/mol. The zero-order chi connectivity index (χ0) is 13.4. The molecule has 5 nitrogen and oxygen atoms in total. The molecule has 0 aliphatic heterocycles. The lowest BCUT2D eigenvalue weighted by Crippen LogP contribution is -2.35. The number of hydrogen-bond donors (Lipinski definition) is 1. The molecule has 1 heterocycles. The second-order valence-corrected chi connectivity index (χ2v) is 4.02. The molecule has 5 heteroatoms. The van der Waals surface area contributed by atoms with E-state index in [1.165, 1.54) is 0 Å². The maximum Gasteiger partial charge on any atom is 0.178 e. The van der Waals surface area contributed by atoms with E-state index in [-0.39, 0.29) is 12.3 Å². The maximum atomic E-state index is 5.67. The first kappa shape index (κ1) is 15.1. The molecule has 1 unspecified atom stereocenters. The van der Waals surface area contributed by atoms with E-state index in [1.54, 1.807) is 0 Å². The second-order valence-electron chi connectivity index (χ2n) is 4.02. The number of aromatic nitrogens is 2. The van der Waals surface area contributed by atoms with Gasteiger partial charge < -0.3 is 14.8 Å². The van der Waals surface area contributed by atoms with Crippen LogP contribution in [0.25, 0.3) is 0 Å². The summed E-state index contributed by atoms with van der Waals surface area (Å²) in [6, 6.07) is 2.01. The summed E-state index contributed by atoms with van der Waals surface area (Å²) in [4.78, 5) is 0. The number of likely N-dealkylation sites (N-methyl/N-ethyl adjacent to an activating group) is 1. The predicted octanol–water partition coefficient (Wildman–Crippen LogP) is 1.95. The van der Waals surface area contributed by atoms with Gasteiger partial charge in [-0.15, -0.1) is 0 Å². The van der Waals surface area contributed by atoms with Crippen molar-refractivity contribution in [1.29, 1.82) is 0 Å². The van der Waals surface area contributed by atoms with E-state index in [1.807, 2.05) is 37.8 Å². The highest BCUT2D eigenvalue weighted by atomic mass is 16.7. The molecule has 0 saturated heterocycles. The largest absolute Gasteiger partial charge is 0.351 e. The molecule has 104 valence electrons. The lowest BCUT2D eigenvalue weighted by atomic mass is 10.2. The van der Waals surface area contributed by atoms with Gasteiger partial charge in [0.2, 0.25) is 0 Å². The minimum Gasteiger partial charge on any atom is -0.351 e. The number of ether oxygens (including phenoxy) is 2. The van der Waals surface area contributed by atoms with Gasteiger partial charge >= 0.3 is 0 Å². The molecule has 0 aromatic carbocycles. The van der Waals surface area contributed by atoms with E-state index in [9.17, 15) is 0 Å². The number of hydrogen-bond acceptors (Lipinski definition) is 4. The Morgan fingerprint density at radius 2 is 1.94 bits per heavy atom. The van der Waals surface area contributed by atoms with Crippen molar-refractivity contribution >= 4 is 0 Å². The van der Waals surface area contributed by atoms with Gasteiger partial charge in [-0.25, -0.2) is 0 Å². The Balaban J connectivity index is 2.87. The topological polar surface area (TPSA) is 48.3 Å². The quantitative estimate of drug-likeness (QED) is 0.685. The van der Waals surface area contributed by atoms with Gasteiger partial charge in [-0.1, -0.05) is 6.92 Å². The molecule has 0 fully saturated rings. The molecule has 1 aromatic rings.